The lowest BCUT2D eigenvalue weighted by Gasteiger charge is -2.31. The monoisotopic (exact) mass is 218 g/mol. The van der Waals surface area contributed by atoms with Gasteiger partial charge < -0.3 is 0 Å². The third kappa shape index (κ3) is 2.50. The van der Waals surface area contributed by atoms with Crippen LogP contribution < -0.4 is 0 Å². The van der Waals surface area contributed by atoms with Crippen molar-refractivity contribution in [1.29, 1.82) is 0 Å². The Morgan fingerprint density at radius 3 is 2.62 bits per heavy atom. The van der Waals surface area contributed by atoms with Gasteiger partial charge in [-0.25, -0.2) is 0 Å². The molecule has 13 heavy (non-hydrogen) atoms. The third-order valence-electron chi connectivity index (χ3n) is 3.05. The molecule has 2 aliphatic heterocycles. The van der Waals surface area contributed by atoms with Crippen molar-refractivity contribution < 1.29 is 4.21 Å². The molecule has 3 heteroatoms. The van der Waals surface area contributed by atoms with E-state index in [2.05, 4.69) is 11.8 Å². The van der Waals surface area contributed by atoms with Gasteiger partial charge >= 0.3 is 0 Å². The van der Waals surface area contributed by atoms with E-state index in [1.54, 1.807) is 0 Å². The first-order valence-corrected chi connectivity index (χ1v) is 7.80. The van der Waals surface area contributed by atoms with Gasteiger partial charge in [0.05, 0.1) is 0 Å². The highest BCUT2D eigenvalue weighted by Gasteiger charge is 2.30. The van der Waals surface area contributed by atoms with Crippen molar-refractivity contribution in [2.75, 3.05) is 11.5 Å². The van der Waals surface area contributed by atoms with Crippen molar-refractivity contribution in [3.63, 3.8) is 0 Å². The van der Waals surface area contributed by atoms with Gasteiger partial charge in [0.15, 0.2) is 0 Å². The molecule has 0 amide bonds. The highest BCUT2D eigenvalue weighted by Crippen LogP contribution is 2.33. The number of rotatable bonds is 1. The maximum atomic E-state index is 11.8. The maximum absolute atomic E-state index is 11.8. The van der Waals surface area contributed by atoms with Gasteiger partial charge in [-0.05, 0) is 31.4 Å². The number of thioether (sulfide) groups is 1. The largest absolute Gasteiger partial charge is 0.259 e. The smallest absolute Gasteiger partial charge is 0.0466 e. The van der Waals surface area contributed by atoms with Crippen LogP contribution in [0.1, 0.15) is 38.5 Å². The van der Waals surface area contributed by atoms with Crippen molar-refractivity contribution in [2.45, 2.75) is 49.0 Å². The second-order valence-corrected chi connectivity index (χ2v) is 7.15. The first kappa shape index (κ1) is 10.0. The van der Waals surface area contributed by atoms with Crippen LogP contribution in [0.3, 0.4) is 0 Å². The van der Waals surface area contributed by atoms with Crippen molar-refractivity contribution in [3.8, 4) is 0 Å². The Balaban J connectivity index is 1.92. The van der Waals surface area contributed by atoms with Crippen LogP contribution in [0.15, 0.2) is 0 Å². The molecule has 0 aliphatic carbocycles. The zero-order valence-corrected chi connectivity index (χ0v) is 9.67. The highest BCUT2D eigenvalue weighted by molar-refractivity contribution is 8.00. The molecule has 0 aromatic carbocycles. The Hall–Kier alpha value is 0.500. The first-order valence-electron chi connectivity index (χ1n) is 5.37. The molecule has 3 unspecified atom stereocenters. The Kier molecular flexibility index (Phi) is 3.73. The summed E-state index contributed by atoms with van der Waals surface area (Å²) in [5.74, 6) is 2.28. The Morgan fingerprint density at radius 1 is 1.08 bits per heavy atom. The van der Waals surface area contributed by atoms with E-state index in [-0.39, 0.29) is 0 Å². The van der Waals surface area contributed by atoms with Crippen LogP contribution in [0.4, 0.5) is 0 Å². The summed E-state index contributed by atoms with van der Waals surface area (Å²) in [5.41, 5.74) is 0. The van der Waals surface area contributed by atoms with E-state index in [9.17, 15) is 4.21 Å². The van der Waals surface area contributed by atoms with Gasteiger partial charge in [0.2, 0.25) is 0 Å². The van der Waals surface area contributed by atoms with Gasteiger partial charge in [-0.1, -0.05) is 12.8 Å². The summed E-state index contributed by atoms with van der Waals surface area (Å²) in [6, 6.07) is 0. The molecular weight excluding hydrogens is 200 g/mol. The predicted molar refractivity (Wildman–Crippen MR) is 60.7 cm³/mol. The van der Waals surface area contributed by atoms with Gasteiger partial charge in [-0.2, -0.15) is 11.8 Å². The average Bonchev–Trinajstić information content (AvgIpc) is 2.20. The molecule has 76 valence electrons. The van der Waals surface area contributed by atoms with Crippen molar-refractivity contribution in [1.82, 2.24) is 0 Å². The molecule has 2 saturated heterocycles. The van der Waals surface area contributed by atoms with Crippen molar-refractivity contribution >= 4 is 22.6 Å². The second kappa shape index (κ2) is 4.83. The summed E-state index contributed by atoms with van der Waals surface area (Å²) in [4.78, 5) is 0. The van der Waals surface area contributed by atoms with Crippen LogP contribution in [0.25, 0.3) is 0 Å². The van der Waals surface area contributed by atoms with Crippen LogP contribution in [-0.2, 0) is 10.8 Å². The van der Waals surface area contributed by atoms with E-state index in [1.807, 2.05) is 0 Å². The van der Waals surface area contributed by atoms with Crippen LogP contribution in [0.2, 0.25) is 0 Å². The molecule has 0 aromatic rings. The van der Waals surface area contributed by atoms with E-state index in [0.29, 0.717) is 5.25 Å². The van der Waals surface area contributed by atoms with Crippen LogP contribution >= 0.6 is 11.8 Å². The molecule has 0 bridgehead atoms. The molecule has 0 saturated carbocycles. The summed E-state index contributed by atoms with van der Waals surface area (Å²) < 4.78 is 11.8. The minimum atomic E-state index is -0.496. The Labute approximate surface area is 87.5 Å². The predicted octanol–water partition coefficient (Wildman–Crippen LogP) is 2.57. The first-order chi connectivity index (χ1) is 6.38. The Bertz CT molecular complexity index is 187. The standard InChI is InChI=1S/C10H18OS2/c11-13-8-4-2-6-10(13)9-5-1-3-7-12-9/h9-10H,1-8H2. The van der Waals surface area contributed by atoms with E-state index in [4.69, 9.17) is 0 Å². The minimum absolute atomic E-state index is 0.496. The molecule has 0 aromatic heterocycles. The summed E-state index contributed by atoms with van der Waals surface area (Å²) in [7, 11) is -0.496. The average molecular weight is 218 g/mol. The zero-order chi connectivity index (χ0) is 9.10. The van der Waals surface area contributed by atoms with Gasteiger partial charge in [-0.15, -0.1) is 0 Å². The quantitative estimate of drug-likeness (QED) is 0.673. The fraction of sp³-hybridized carbons (Fsp3) is 1.00. The van der Waals surface area contributed by atoms with Gasteiger partial charge in [0.25, 0.3) is 0 Å². The number of hydrogen-bond donors (Lipinski definition) is 0. The van der Waals surface area contributed by atoms with E-state index >= 15 is 0 Å². The highest BCUT2D eigenvalue weighted by atomic mass is 32.2. The molecule has 2 rings (SSSR count). The van der Waals surface area contributed by atoms with Crippen LogP contribution in [0, 0.1) is 0 Å². The molecule has 2 heterocycles. The number of hydrogen-bond acceptors (Lipinski definition) is 2. The maximum Gasteiger partial charge on any atom is 0.0466 e. The molecule has 0 radical (unpaired) electrons. The van der Waals surface area contributed by atoms with E-state index < -0.39 is 10.8 Å². The summed E-state index contributed by atoms with van der Waals surface area (Å²) in [6.07, 6.45) is 7.80. The lowest BCUT2D eigenvalue weighted by atomic mass is 10.1. The van der Waals surface area contributed by atoms with Gasteiger partial charge in [-0.3, -0.25) is 4.21 Å². The SMILES string of the molecule is O=S1CCCCC1C1CCCCS1. The van der Waals surface area contributed by atoms with Gasteiger partial charge in [0.1, 0.15) is 0 Å². The van der Waals surface area contributed by atoms with Crippen LogP contribution in [-0.4, -0.2) is 26.2 Å². The summed E-state index contributed by atoms with van der Waals surface area (Å²) in [5, 5.41) is 1.27. The molecule has 3 atom stereocenters. The topological polar surface area (TPSA) is 17.1 Å². The minimum Gasteiger partial charge on any atom is -0.259 e. The summed E-state index contributed by atoms with van der Waals surface area (Å²) in [6.45, 7) is 0. The Morgan fingerprint density at radius 2 is 1.92 bits per heavy atom. The molecule has 1 nitrogen and oxygen atoms in total. The summed E-state index contributed by atoms with van der Waals surface area (Å²) >= 11 is 2.08. The third-order valence-corrected chi connectivity index (χ3v) is 6.67. The van der Waals surface area contributed by atoms with Crippen molar-refractivity contribution in [3.05, 3.63) is 0 Å². The zero-order valence-electron chi connectivity index (χ0n) is 8.04. The molecular formula is C10H18OS2. The van der Waals surface area contributed by atoms with E-state index in [1.165, 1.54) is 44.3 Å². The fourth-order valence-electron chi connectivity index (χ4n) is 2.29. The normalized spacial score (nSPS) is 41.7. The molecule has 0 spiro atoms. The fourth-order valence-corrected chi connectivity index (χ4v) is 5.95. The lowest BCUT2D eigenvalue weighted by molar-refractivity contribution is 0.559. The van der Waals surface area contributed by atoms with Crippen molar-refractivity contribution in [2.24, 2.45) is 0 Å². The van der Waals surface area contributed by atoms with Crippen LogP contribution in [0.5, 0.6) is 0 Å². The molecule has 2 fully saturated rings. The van der Waals surface area contributed by atoms with Gasteiger partial charge in [0, 0.05) is 27.1 Å². The molecule has 2 aliphatic rings. The second-order valence-electron chi connectivity index (χ2n) is 4.02. The van der Waals surface area contributed by atoms with E-state index in [0.717, 1.165) is 11.0 Å². The molecule has 0 N–H and O–H groups in total. The lowest BCUT2D eigenvalue weighted by Crippen LogP contribution is -2.34.